The van der Waals surface area contributed by atoms with E-state index >= 15 is 0 Å². The number of halogens is 1. The van der Waals surface area contributed by atoms with Gasteiger partial charge in [-0.1, -0.05) is 0 Å². The zero-order valence-corrected chi connectivity index (χ0v) is 11.7. The Labute approximate surface area is 116 Å². The van der Waals surface area contributed by atoms with Crippen molar-refractivity contribution in [1.29, 1.82) is 0 Å². The maximum atomic E-state index is 13.3. The number of hydrogen-bond acceptors (Lipinski definition) is 4. The minimum Gasteiger partial charge on any atom is -0.469 e. The minimum atomic E-state index is -3.79. The van der Waals surface area contributed by atoms with E-state index in [0.717, 1.165) is 6.07 Å². The molecule has 1 aromatic heterocycles. The first-order valence-electron chi connectivity index (χ1n) is 5.98. The van der Waals surface area contributed by atoms with E-state index in [-0.39, 0.29) is 16.6 Å². The Morgan fingerprint density at radius 2 is 2.15 bits per heavy atom. The lowest BCUT2D eigenvalue weighted by Crippen LogP contribution is -2.34. The molecule has 2 rings (SSSR count). The number of sulfonamides is 1. The highest BCUT2D eigenvalue weighted by molar-refractivity contribution is 7.89. The predicted molar refractivity (Wildman–Crippen MR) is 73.0 cm³/mol. The summed E-state index contributed by atoms with van der Waals surface area (Å²) in [5.74, 6) is -0.0877. The van der Waals surface area contributed by atoms with Crippen LogP contribution in [0.5, 0.6) is 0 Å². The van der Waals surface area contributed by atoms with E-state index in [1.165, 1.54) is 18.4 Å². The number of furan rings is 1. The van der Waals surface area contributed by atoms with Crippen LogP contribution in [-0.4, -0.2) is 14.5 Å². The van der Waals surface area contributed by atoms with Crippen LogP contribution in [0, 0.1) is 5.82 Å². The van der Waals surface area contributed by atoms with Crippen LogP contribution < -0.4 is 10.5 Å². The van der Waals surface area contributed by atoms with Crippen molar-refractivity contribution in [2.45, 2.75) is 24.3 Å². The van der Waals surface area contributed by atoms with Gasteiger partial charge in [0, 0.05) is 12.5 Å². The number of nitrogens with one attached hydrogen (secondary N) is 1. The van der Waals surface area contributed by atoms with Crippen LogP contribution in [0.15, 0.2) is 45.9 Å². The second-order valence-electron chi connectivity index (χ2n) is 4.49. The van der Waals surface area contributed by atoms with E-state index in [2.05, 4.69) is 4.72 Å². The zero-order chi connectivity index (χ0) is 14.8. The molecule has 2 aromatic rings. The van der Waals surface area contributed by atoms with Crippen molar-refractivity contribution in [1.82, 2.24) is 4.72 Å². The monoisotopic (exact) mass is 298 g/mol. The Balaban J connectivity index is 2.12. The van der Waals surface area contributed by atoms with E-state index < -0.39 is 15.8 Å². The lowest BCUT2D eigenvalue weighted by Gasteiger charge is -2.13. The standard InChI is InChI=1S/C13H15FN2O3S/c1-9(7-10-3-2-6-19-10)16-20(17,18)11-4-5-13(15)12(14)8-11/h2-6,8-9,16H,7,15H2,1H3. The molecule has 1 unspecified atom stereocenters. The molecule has 7 heteroatoms. The summed E-state index contributed by atoms with van der Waals surface area (Å²) in [6, 6.07) is 6.49. The Morgan fingerprint density at radius 1 is 1.40 bits per heavy atom. The first-order valence-corrected chi connectivity index (χ1v) is 7.46. The first kappa shape index (κ1) is 14.5. The first-order chi connectivity index (χ1) is 9.38. The van der Waals surface area contributed by atoms with Gasteiger partial charge in [-0.05, 0) is 37.3 Å². The number of rotatable bonds is 5. The largest absolute Gasteiger partial charge is 0.469 e. The van der Waals surface area contributed by atoms with Crippen molar-refractivity contribution in [3.8, 4) is 0 Å². The zero-order valence-electron chi connectivity index (χ0n) is 10.8. The van der Waals surface area contributed by atoms with Gasteiger partial charge in [0.25, 0.3) is 0 Å². The molecule has 0 aliphatic heterocycles. The van der Waals surface area contributed by atoms with Gasteiger partial charge in [-0.25, -0.2) is 17.5 Å². The molecule has 0 saturated carbocycles. The summed E-state index contributed by atoms with van der Waals surface area (Å²) in [6.45, 7) is 1.70. The summed E-state index contributed by atoms with van der Waals surface area (Å²) in [6.07, 6.45) is 1.93. The van der Waals surface area contributed by atoms with Gasteiger partial charge in [0.1, 0.15) is 11.6 Å². The van der Waals surface area contributed by atoms with E-state index in [4.69, 9.17) is 10.2 Å². The Kier molecular flexibility index (Phi) is 4.10. The third-order valence-corrected chi connectivity index (χ3v) is 4.31. The third-order valence-electron chi connectivity index (χ3n) is 2.73. The number of anilines is 1. The SMILES string of the molecule is CC(Cc1ccco1)NS(=O)(=O)c1ccc(N)c(F)c1. The van der Waals surface area contributed by atoms with Crippen LogP contribution >= 0.6 is 0 Å². The Morgan fingerprint density at radius 3 is 2.75 bits per heavy atom. The van der Waals surface area contributed by atoms with E-state index in [1.807, 2.05) is 0 Å². The van der Waals surface area contributed by atoms with Gasteiger partial charge in [-0.3, -0.25) is 0 Å². The fraction of sp³-hybridized carbons (Fsp3) is 0.231. The van der Waals surface area contributed by atoms with E-state index in [9.17, 15) is 12.8 Å². The summed E-state index contributed by atoms with van der Waals surface area (Å²) in [4.78, 5) is -0.157. The van der Waals surface area contributed by atoms with Crippen molar-refractivity contribution < 1.29 is 17.2 Å². The van der Waals surface area contributed by atoms with Crippen LogP contribution in [0.1, 0.15) is 12.7 Å². The highest BCUT2D eigenvalue weighted by Crippen LogP contribution is 2.17. The van der Waals surface area contributed by atoms with Gasteiger partial charge < -0.3 is 10.2 Å². The third kappa shape index (κ3) is 3.37. The van der Waals surface area contributed by atoms with Crippen molar-refractivity contribution >= 4 is 15.7 Å². The molecule has 1 aromatic carbocycles. The average molecular weight is 298 g/mol. The van der Waals surface area contributed by atoms with Crippen LogP contribution in [0.2, 0.25) is 0 Å². The normalized spacial score (nSPS) is 13.3. The maximum Gasteiger partial charge on any atom is 0.240 e. The summed E-state index contributed by atoms with van der Waals surface area (Å²) in [5.41, 5.74) is 5.23. The molecule has 0 aliphatic rings. The van der Waals surface area contributed by atoms with Gasteiger partial charge in [0.2, 0.25) is 10.0 Å². The quantitative estimate of drug-likeness (QED) is 0.826. The number of nitrogens with two attached hydrogens (primary N) is 1. The molecule has 5 nitrogen and oxygen atoms in total. The van der Waals surface area contributed by atoms with Crippen molar-refractivity contribution in [2.75, 3.05) is 5.73 Å². The topological polar surface area (TPSA) is 85.3 Å². The highest BCUT2D eigenvalue weighted by Gasteiger charge is 2.19. The molecule has 108 valence electrons. The molecule has 3 N–H and O–H groups in total. The molecule has 1 atom stereocenters. The fourth-order valence-electron chi connectivity index (χ4n) is 1.78. The second-order valence-corrected chi connectivity index (χ2v) is 6.20. The molecule has 0 radical (unpaired) electrons. The molecule has 0 saturated heterocycles. The van der Waals surface area contributed by atoms with Crippen molar-refractivity contribution in [2.24, 2.45) is 0 Å². The Hall–Kier alpha value is -1.86. The van der Waals surface area contributed by atoms with E-state index in [1.54, 1.807) is 19.1 Å². The van der Waals surface area contributed by atoms with Gasteiger partial charge in [0.15, 0.2) is 0 Å². The Bertz CT molecular complexity index is 684. The van der Waals surface area contributed by atoms with Gasteiger partial charge in [-0.2, -0.15) is 0 Å². The van der Waals surface area contributed by atoms with Crippen molar-refractivity contribution in [3.05, 3.63) is 48.2 Å². The maximum absolute atomic E-state index is 13.3. The molecule has 0 bridgehead atoms. The molecular formula is C13H15FN2O3S. The van der Waals surface area contributed by atoms with Gasteiger partial charge >= 0.3 is 0 Å². The molecule has 1 heterocycles. The molecule has 0 amide bonds. The lowest BCUT2D eigenvalue weighted by molar-refractivity contribution is 0.479. The summed E-state index contributed by atoms with van der Waals surface area (Å²) in [5, 5.41) is 0. The summed E-state index contributed by atoms with van der Waals surface area (Å²) in [7, 11) is -3.79. The summed E-state index contributed by atoms with van der Waals surface area (Å²) < 4.78 is 45.1. The molecule has 0 fully saturated rings. The number of hydrogen-bond donors (Lipinski definition) is 2. The second kappa shape index (κ2) is 5.64. The fourth-order valence-corrected chi connectivity index (χ4v) is 3.04. The van der Waals surface area contributed by atoms with Crippen molar-refractivity contribution in [3.63, 3.8) is 0 Å². The van der Waals surface area contributed by atoms with Crippen LogP contribution in [0.4, 0.5) is 10.1 Å². The van der Waals surface area contributed by atoms with Crippen LogP contribution in [0.3, 0.4) is 0 Å². The summed E-state index contributed by atoms with van der Waals surface area (Å²) >= 11 is 0. The lowest BCUT2D eigenvalue weighted by atomic mass is 10.2. The van der Waals surface area contributed by atoms with Crippen LogP contribution in [0.25, 0.3) is 0 Å². The predicted octanol–water partition coefficient (Wildman–Crippen LogP) is 1.91. The van der Waals surface area contributed by atoms with Gasteiger partial charge in [-0.15, -0.1) is 0 Å². The van der Waals surface area contributed by atoms with E-state index in [0.29, 0.717) is 12.2 Å². The van der Waals surface area contributed by atoms with Gasteiger partial charge in [0.05, 0.1) is 16.8 Å². The highest BCUT2D eigenvalue weighted by atomic mass is 32.2. The molecule has 0 spiro atoms. The smallest absolute Gasteiger partial charge is 0.240 e. The molecular weight excluding hydrogens is 283 g/mol. The molecule has 0 aliphatic carbocycles. The molecule has 20 heavy (non-hydrogen) atoms. The number of benzene rings is 1. The average Bonchev–Trinajstić information content (AvgIpc) is 2.84. The number of nitrogen functional groups attached to an aromatic ring is 1. The van der Waals surface area contributed by atoms with Crippen LogP contribution in [-0.2, 0) is 16.4 Å². The minimum absolute atomic E-state index is 0.0902.